The van der Waals surface area contributed by atoms with Gasteiger partial charge in [0, 0.05) is 12.6 Å². The van der Waals surface area contributed by atoms with Crippen LogP contribution in [0.1, 0.15) is 12.7 Å². The van der Waals surface area contributed by atoms with Crippen molar-refractivity contribution < 1.29 is 18.3 Å². The Hall–Kier alpha value is -3.07. The SMILES string of the molecule is CCNC(=S)N/N=C/c1cc(=O)c2c(OC)c3ccoc3c(OC)c2o1. The van der Waals surface area contributed by atoms with Crippen LogP contribution in [0, 0.1) is 0 Å². The Balaban J connectivity index is 2.15. The first-order chi connectivity index (χ1) is 12.6. The molecule has 0 aliphatic rings. The zero-order valence-corrected chi connectivity index (χ0v) is 15.2. The smallest absolute Gasteiger partial charge is 0.206 e. The summed E-state index contributed by atoms with van der Waals surface area (Å²) in [5.41, 5.74) is 2.99. The molecule has 0 radical (unpaired) electrons. The zero-order chi connectivity index (χ0) is 18.7. The van der Waals surface area contributed by atoms with E-state index in [0.717, 1.165) is 0 Å². The number of ether oxygens (including phenoxy) is 2. The van der Waals surface area contributed by atoms with Gasteiger partial charge in [0.1, 0.15) is 11.1 Å². The third-order valence-electron chi connectivity index (χ3n) is 3.62. The molecule has 0 fully saturated rings. The van der Waals surface area contributed by atoms with Crippen LogP contribution < -0.4 is 25.6 Å². The number of hydrogen-bond donors (Lipinski definition) is 2. The van der Waals surface area contributed by atoms with Crippen LogP contribution in [0.5, 0.6) is 11.5 Å². The molecule has 136 valence electrons. The Labute approximate surface area is 153 Å². The lowest BCUT2D eigenvalue weighted by Gasteiger charge is -2.10. The van der Waals surface area contributed by atoms with Gasteiger partial charge < -0.3 is 23.6 Å². The van der Waals surface area contributed by atoms with Crippen LogP contribution in [0.15, 0.2) is 37.1 Å². The molecule has 0 aliphatic carbocycles. The topological polar surface area (TPSA) is 98.2 Å². The van der Waals surface area contributed by atoms with Crippen molar-refractivity contribution in [2.24, 2.45) is 5.10 Å². The van der Waals surface area contributed by atoms with Crippen LogP contribution in [-0.2, 0) is 0 Å². The van der Waals surface area contributed by atoms with Gasteiger partial charge in [-0.25, -0.2) is 0 Å². The van der Waals surface area contributed by atoms with Gasteiger partial charge in [0.25, 0.3) is 0 Å². The van der Waals surface area contributed by atoms with Crippen LogP contribution in [0.2, 0.25) is 0 Å². The standard InChI is InChI=1S/C17H17N3O5S/c1-4-18-17(26)20-19-8-9-7-11(21)12-13(22-2)10-5-6-24-14(10)16(23-3)15(12)25-9/h5-8H,4H2,1-3H3,(H2,18,20,26)/b19-8+. The molecular formula is C17H17N3O5S. The first-order valence-electron chi connectivity index (χ1n) is 7.76. The van der Waals surface area contributed by atoms with Gasteiger partial charge in [0.15, 0.2) is 27.5 Å². The fourth-order valence-corrected chi connectivity index (χ4v) is 2.80. The second-order valence-electron chi connectivity index (χ2n) is 5.18. The van der Waals surface area contributed by atoms with E-state index in [0.29, 0.717) is 34.1 Å². The molecule has 0 aliphatic heterocycles. The van der Waals surface area contributed by atoms with Crippen molar-refractivity contribution in [3.8, 4) is 11.5 Å². The molecule has 2 heterocycles. The third-order valence-corrected chi connectivity index (χ3v) is 3.86. The zero-order valence-electron chi connectivity index (χ0n) is 14.4. The van der Waals surface area contributed by atoms with Gasteiger partial charge in [-0.15, -0.1) is 0 Å². The highest BCUT2D eigenvalue weighted by Gasteiger charge is 2.22. The van der Waals surface area contributed by atoms with Crippen molar-refractivity contribution in [2.75, 3.05) is 20.8 Å². The van der Waals surface area contributed by atoms with Gasteiger partial charge in [-0.2, -0.15) is 5.10 Å². The molecule has 0 unspecified atom stereocenters. The molecule has 3 rings (SSSR count). The average Bonchev–Trinajstić information content (AvgIpc) is 3.09. The van der Waals surface area contributed by atoms with Gasteiger partial charge >= 0.3 is 0 Å². The van der Waals surface area contributed by atoms with Gasteiger partial charge in [0.2, 0.25) is 5.75 Å². The van der Waals surface area contributed by atoms with E-state index in [1.165, 1.54) is 32.8 Å². The monoisotopic (exact) mass is 375 g/mol. The second-order valence-corrected chi connectivity index (χ2v) is 5.58. The fourth-order valence-electron chi connectivity index (χ4n) is 2.60. The van der Waals surface area contributed by atoms with Crippen LogP contribution in [0.4, 0.5) is 0 Å². The number of hydrazone groups is 1. The molecule has 0 saturated heterocycles. The predicted octanol–water partition coefficient (Wildman–Crippen LogP) is 2.37. The molecule has 2 aromatic heterocycles. The molecular weight excluding hydrogens is 358 g/mol. The van der Waals surface area contributed by atoms with Crippen LogP contribution in [0.25, 0.3) is 21.9 Å². The van der Waals surface area contributed by atoms with Crippen molar-refractivity contribution in [1.82, 2.24) is 10.7 Å². The van der Waals surface area contributed by atoms with Gasteiger partial charge in [-0.1, -0.05) is 0 Å². The van der Waals surface area contributed by atoms with Crippen molar-refractivity contribution in [2.45, 2.75) is 6.92 Å². The molecule has 8 nitrogen and oxygen atoms in total. The maximum Gasteiger partial charge on any atom is 0.206 e. The molecule has 0 amide bonds. The maximum absolute atomic E-state index is 12.7. The number of nitrogens with zero attached hydrogens (tertiary/aromatic N) is 1. The number of benzene rings is 1. The minimum absolute atomic E-state index is 0.218. The Morgan fingerprint density at radius 2 is 2.08 bits per heavy atom. The van der Waals surface area contributed by atoms with Crippen molar-refractivity contribution >= 4 is 45.5 Å². The average molecular weight is 375 g/mol. The largest absolute Gasteiger partial charge is 0.495 e. The number of rotatable bonds is 5. The molecule has 3 aromatic rings. The third kappa shape index (κ3) is 3.08. The fraction of sp³-hybridized carbons (Fsp3) is 0.235. The molecule has 9 heteroatoms. The van der Waals surface area contributed by atoms with Gasteiger partial charge in [-0.05, 0) is 25.2 Å². The Morgan fingerprint density at radius 3 is 2.77 bits per heavy atom. The van der Waals surface area contributed by atoms with E-state index in [1.54, 1.807) is 6.07 Å². The lowest BCUT2D eigenvalue weighted by molar-refractivity contribution is 0.400. The lowest BCUT2D eigenvalue weighted by atomic mass is 10.1. The summed E-state index contributed by atoms with van der Waals surface area (Å²) >= 11 is 5.01. The molecule has 2 N–H and O–H groups in total. The Kier molecular flexibility index (Phi) is 5.08. The minimum Gasteiger partial charge on any atom is -0.495 e. The summed E-state index contributed by atoms with van der Waals surface area (Å²) in [5.74, 6) is 0.901. The molecule has 1 aromatic carbocycles. The predicted molar refractivity (Wildman–Crippen MR) is 102 cm³/mol. The van der Waals surface area contributed by atoms with Crippen molar-refractivity contribution in [3.05, 3.63) is 34.4 Å². The summed E-state index contributed by atoms with van der Waals surface area (Å²) in [4.78, 5) is 12.7. The number of nitrogens with one attached hydrogen (secondary N) is 2. The number of thiocarbonyl (C=S) groups is 1. The first kappa shape index (κ1) is 17.7. The van der Waals surface area contributed by atoms with Crippen LogP contribution in [-0.4, -0.2) is 32.1 Å². The summed E-state index contributed by atoms with van der Waals surface area (Å²) in [7, 11) is 2.95. The quantitative estimate of drug-likeness (QED) is 0.398. The number of methoxy groups -OCH3 is 2. The van der Waals surface area contributed by atoms with Crippen molar-refractivity contribution in [1.29, 1.82) is 0 Å². The number of fused-ring (bicyclic) bond motifs is 2. The summed E-state index contributed by atoms with van der Waals surface area (Å²) in [6.45, 7) is 2.58. The molecule has 0 atom stereocenters. The summed E-state index contributed by atoms with van der Waals surface area (Å²) < 4.78 is 22.1. The summed E-state index contributed by atoms with van der Waals surface area (Å²) in [6, 6.07) is 3.02. The highest BCUT2D eigenvalue weighted by molar-refractivity contribution is 7.80. The van der Waals surface area contributed by atoms with E-state index < -0.39 is 0 Å². The highest BCUT2D eigenvalue weighted by Crippen LogP contribution is 2.41. The molecule has 0 saturated carbocycles. The van der Waals surface area contributed by atoms with Gasteiger partial charge in [-0.3, -0.25) is 10.2 Å². The second kappa shape index (κ2) is 7.44. The number of hydrogen-bond acceptors (Lipinski definition) is 7. The van der Waals surface area contributed by atoms with E-state index in [2.05, 4.69) is 15.8 Å². The lowest BCUT2D eigenvalue weighted by Crippen LogP contribution is -2.31. The van der Waals surface area contributed by atoms with E-state index in [1.807, 2.05) is 6.92 Å². The van der Waals surface area contributed by atoms with E-state index in [-0.39, 0.29) is 22.2 Å². The molecule has 0 bridgehead atoms. The highest BCUT2D eigenvalue weighted by atomic mass is 32.1. The van der Waals surface area contributed by atoms with E-state index in [4.69, 9.17) is 30.5 Å². The Morgan fingerprint density at radius 1 is 1.31 bits per heavy atom. The molecule has 0 spiro atoms. The summed E-state index contributed by atoms with van der Waals surface area (Å²) in [6.07, 6.45) is 2.84. The first-order valence-corrected chi connectivity index (χ1v) is 8.17. The maximum atomic E-state index is 12.7. The van der Waals surface area contributed by atoms with E-state index in [9.17, 15) is 4.79 Å². The summed E-state index contributed by atoms with van der Waals surface area (Å²) in [5, 5.41) is 8.10. The minimum atomic E-state index is -0.291. The van der Waals surface area contributed by atoms with Crippen LogP contribution >= 0.6 is 12.2 Å². The Bertz CT molecular complexity index is 1050. The molecule has 26 heavy (non-hydrogen) atoms. The van der Waals surface area contributed by atoms with Crippen LogP contribution in [0.3, 0.4) is 0 Å². The van der Waals surface area contributed by atoms with Crippen molar-refractivity contribution in [3.63, 3.8) is 0 Å². The normalized spacial score (nSPS) is 11.2. The number of furan rings is 1. The van der Waals surface area contributed by atoms with Gasteiger partial charge in [0.05, 0.1) is 32.1 Å². The van der Waals surface area contributed by atoms with E-state index >= 15 is 0 Å².